The van der Waals surface area contributed by atoms with E-state index in [0.717, 1.165) is 6.42 Å². The van der Waals surface area contributed by atoms with Gasteiger partial charge in [0.15, 0.2) is 5.96 Å². The van der Waals surface area contributed by atoms with Gasteiger partial charge >= 0.3 is 0 Å². The van der Waals surface area contributed by atoms with Gasteiger partial charge in [-0.15, -0.1) is 0 Å². The molecule has 1 atom stereocenters. The lowest BCUT2D eigenvalue weighted by atomic mass is 10.0. The molecular weight excluding hydrogens is 383 g/mol. The lowest BCUT2D eigenvalue weighted by molar-refractivity contribution is 0.0258. The Morgan fingerprint density at radius 3 is 2.50 bits per heavy atom. The van der Waals surface area contributed by atoms with Crippen LogP contribution in [0.25, 0.3) is 0 Å². The highest BCUT2D eigenvalue weighted by atomic mass is 32.2. The Morgan fingerprint density at radius 1 is 1.25 bits per heavy atom. The summed E-state index contributed by atoms with van der Waals surface area (Å²) in [5.41, 5.74) is 0.671. The average Bonchev–Trinajstić information content (AvgIpc) is 2.62. The number of hydrogen-bond donors (Lipinski definition) is 3. The number of ether oxygens (including phenoxy) is 1. The van der Waals surface area contributed by atoms with Gasteiger partial charge in [-0.3, -0.25) is 9.71 Å². The van der Waals surface area contributed by atoms with Gasteiger partial charge in [-0.1, -0.05) is 19.9 Å². The first-order valence-corrected chi connectivity index (χ1v) is 11.2. The molecule has 0 fully saturated rings. The summed E-state index contributed by atoms with van der Waals surface area (Å²) in [6, 6.07) is 4.24. The Hall–Kier alpha value is -1.87. The number of nitrogens with one attached hydrogen (secondary N) is 3. The topological polar surface area (TPSA) is 91.8 Å². The standard InChI is InChI=1S/C19H33FN4O3S/c1-6-27-18(14(2)3)9-10-22-19(21-5)23-11-12-28(25,26)24-16-8-7-15(4)17(20)13-16/h7-8,13-14,18,24H,6,9-12H2,1-5H3,(H2,21,22,23). The van der Waals surface area contributed by atoms with Gasteiger partial charge in [0.25, 0.3) is 0 Å². The summed E-state index contributed by atoms with van der Waals surface area (Å²) in [6.45, 7) is 9.33. The number of sulfonamides is 1. The number of rotatable bonds is 11. The Morgan fingerprint density at radius 2 is 1.93 bits per heavy atom. The molecule has 1 aromatic rings. The quantitative estimate of drug-likeness (QED) is 0.381. The molecule has 0 spiro atoms. The number of hydrogen-bond acceptors (Lipinski definition) is 4. The molecule has 0 radical (unpaired) electrons. The Kier molecular flexibility index (Phi) is 10.2. The summed E-state index contributed by atoms with van der Waals surface area (Å²) in [5.74, 6) is 0.321. The van der Waals surface area contributed by atoms with Gasteiger partial charge in [0.05, 0.1) is 17.5 Å². The van der Waals surface area contributed by atoms with E-state index in [4.69, 9.17) is 4.74 Å². The Bertz CT molecular complexity index is 739. The summed E-state index contributed by atoms with van der Waals surface area (Å²) in [5, 5.41) is 6.13. The minimum Gasteiger partial charge on any atom is -0.378 e. The second kappa shape index (κ2) is 11.9. The molecule has 0 saturated carbocycles. The third-order valence-electron chi connectivity index (χ3n) is 4.18. The van der Waals surface area contributed by atoms with E-state index in [1.165, 1.54) is 18.2 Å². The smallest absolute Gasteiger partial charge is 0.234 e. The first kappa shape index (κ1) is 24.2. The van der Waals surface area contributed by atoms with Gasteiger partial charge in [-0.05, 0) is 43.9 Å². The predicted molar refractivity (Wildman–Crippen MR) is 113 cm³/mol. The summed E-state index contributed by atoms with van der Waals surface area (Å²) < 4.78 is 46.0. The van der Waals surface area contributed by atoms with Gasteiger partial charge in [0, 0.05) is 26.7 Å². The molecule has 0 amide bonds. The largest absolute Gasteiger partial charge is 0.378 e. The third-order valence-corrected chi connectivity index (χ3v) is 5.47. The van der Waals surface area contributed by atoms with Crippen molar-refractivity contribution in [1.29, 1.82) is 0 Å². The number of guanidine groups is 1. The zero-order valence-electron chi connectivity index (χ0n) is 17.4. The molecule has 9 heteroatoms. The van der Waals surface area contributed by atoms with Crippen LogP contribution in [0, 0.1) is 18.7 Å². The first-order chi connectivity index (χ1) is 13.2. The SMILES string of the molecule is CCOC(CCNC(=NC)NCCS(=O)(=O)Nc1ccc(C)c(F)c1)C(C)C. The molecule has 0 bridgehead atoms. The molecule has 7 nitrogen and oxygen atoms in total. The van der Waals surface area contributed by atoms with Crippen LogP contribution in [0.15, 0.2) is 23.2 Å². The minimum absolute atomic E-state index is 0.162. The zero-order chi connectivity index (χ0) is 21.2. The van der Waals surface area contributed by atoms with Crippen LogP contribution >= 0.6 is 0 Å². The van der Waals surface area contributed by atoms with E-state index in [9.17, 15) is 12.8 Å². The van der Waals surface area contributed by atoms with Gasteiger partial charge in [-0.25, -0.2) is 12.8 Å². The first-order valence-electron chi connectivity index (χ1n) is 9.51. The molecule has 1 rings (SSSR count). The summed E-state index contributed by atoms with van der Waals surface area (Å²) >= 11 is 0. The van der Waals surface area contributed by atoms with Gasteiger partial charge in [-0.2, -0.15) is 0 Å². The van der Waals surface area contributed by atoms with Crippen molar-refractivity contribution in [3.8, 4) is 0 Å². The fraction of sp³-hybridized carbons (Fsp3) is 0.632. The summed E-state index contributed by atoms with van der Waals surface area (Å²) in [7, 11) is -1.98. The predicted octanol–water partition coefficient (Wildman–Crippen LogP) is 2.49. The fourth-order valence-corrected chi connectivity index (χ4v) is 3.53. The van der Waals surface area contributed by atoms with E-state index in [2.05, 4.69) is 34.2 Å². The van der Waals surface area contributed by atoms with Crippen LogP contribution in [0.4, 0.5) is 10.1 Å². The molecular formula is C19H33FN4O3S. The summed E-state index contributed by atoms with van der Waals surface area (Å²) in [6.07, 6.45) is 0.987. The third kappa shape index (κ3) is 8.88. The van der Waals surface area contributed by atoms with E-state index in [1.807, 2.05) is 6.92 Å². The molecule has 0 aromatic heterocycles. The van der Waals surface area contributed by atoms with Crippen molar-refractivity contribution >= 4 is 21.7 Å². The van der Waals surface area contributed by atoms with Crippen LogP contribution in [0.5, 0.6) is 0 Å². The molecule has 160 valence electrons. The molecule has 0 aliphatic rings. The molecule has 28 heavy (non-hydrogen) atoms. The zero-order valence-corrected chi connectivity index (χ0v) is 18.2. The number of halogens is 1. The van der Waals surface area contributed by atoms with E-state index >= 15 is 0 Å². The fourth-order valence-electron chi connectivity index (χ4n) is 2.57. The number of anilines is 1. The van der Waals surface area contributed by atoms with Gasteiger partial charge in [0.2, 0.25) is 10.0 Å². The van der Waals surface area contributed by atoms with Crippen LogP contribution in [0.3, 0.4) is 0 Å². The molecule has 0 saturated heterocycles. The van der Waals surface area contributed by atoms with Crippen LogP contribution < -0.4 is 15.4 Å². The van der Waals surface area contributed by atoms with E-state index < -0.39 is 15.8 Å². The number of nitrogens with zero attached hydrogens (tertiary/aromatic N) is 1. The van der Waals surface area contributed by atoms with E-state index in [0.29, 0.717) is 30.6 Å². The van der Waals surface area contributed by atoms with Crippen molar-refractivity contribution in [1.82, 2.24) is 10.6 Å². The molecule has 0 aliphatic carbocycles. The molecule has 3 N–H and O–H groups in total. The van der Waals surface area contributed by atoms with Crippen molar-refractivity contribution in [2.45, 2.75) is 40.2 Å². The highest BCUT2D eigenvalue weighted by molar-refractivity contribution is 7.92. The lowest BCUT2D eigenvalue weighted by Crippen LogP contribution is -2.41. The van der Waals surface area contributed by atoms with Crippen molar-refractivity contribution in [3.63, 3.8) is 0 Å². The highest BCUT2D eigenvalue weighted by Gasteiger charge is 2.14. The Labute approximate surface area is 168 Å². The van der Waals surface area contributed by atoms with Gasteiger partial charge < -0.3 is 15.4 Å². The molecule has 1 aromatic carbocycles. The van der Waals surface area contributed by atoms with Crippen LogP contribution in [0.1, 0.15) is 32.8 Å². The average molecular weight is 417 g/mol. The maximum atomic E-state index is 13.6. The number of aryl methyl sites for hydroxylation is 1. The van der Waals surface area contributed by atoms with Gasteiger partial charge in [0.1, 0.15) is 5.82 Å². The molecule has 0 aliphatic heterocycles. The minimum atomic E-state index is -3.60. The molecule has 1 unspecified atom stereocenters. The van der Waals surface area contributed by atoms with Crippen molar-refractivity contribution in [2.24, 2.45) is 10.9 Å². The monoisotopic (exact) mass is 416 g/mol. The second-order valence-electron chi connectivity index (χ2n) is 6.84. The number of aliphatic imine (C=N–C) groups is 1. The number of benzene rings is 1. The normalized spacial score (nSPS) is 13.5. The second-order valence-corrected chi connectivity index (χ2v) is 8.68. The maximum absolute atomic E-state index is 13.6. The van der Waals surface area contributed by atoms with Crippen molar-refractivity contribution < 1.29 is 17.5 Å². The highest BCUT2D eigenvalue weighted by Crippen LogP contribution is 2.15. The lowest BCUT2D eigenvalue weighted by Gasteiger charge is -2.21. The molecule has 0 heterocycles. The van der Waals surface area contributed by atoms with E-state index in [-0.39, 0.29) is 24.1 Å². The van der Waals surface area contributed by atoms with Crippen molar-refractivity contribution in [2.75, 3.05) is 37.2 Å². The van der Waals surface area contributed by atoms with Crippen LogP contribution in [-0.4, -0.2) is 53.0 Å². The van der Waals surface area contributed by atoms with Crippen molar-refractivity contribution in [3.05, 3.63) is 29.6 Å². The van der Waals surface area contributed by atoms with Crippen LogP contribution in [0.2, 0.25) is 0 Å². The maximum Gasteiger partial charge on any atom is 0.234 e. The Balaban J connectivity index is 2.43. The van der Waals surface area contributed by atoms with Crippen LogP contribution in [-0.2, 0) is 14.8 Å². The van der Waals surface area contributed by atoms with E-state index in [1.54, 1.807) is 14.0 Å². The summed E-state index contributed by atoms with van der Waals surface area (Å²) in [4.78, 5) is 4.09.